The molecule has 1 N–H and O–H groups in total. The zero-order chi connectivity index (χ0) is 19.2. The third-order valence-electron chi connectivity index (χ3n) is 4.67. The van der Waals surface area contributed by atoms with E-state index in [4.69, 9.17) is 4.74 Å². The Hall–Kier alpha value is -2.88. The summed E-state index contributed by atoms with van der Waals surface area (Å²) in [5.41, 5.74) is 0.0437. The van der Waals surface area contributed by atoms with Crippen LogP contribution in [-0.4, -0.2) is 41.9 Å². The van der Waals surface area contributed by atoms with Crippen LogP contribution in [0, 0.1) is 11.3 Å². The van der Waals surface area contributed by atoms with Crippen molar-refractivity contribution in [1.29, 1.82) is 5.26 Å². The van der Waals surface area contributed by atoms with E-state index in [2.05, 4.69) is 11.4 Å². The van der Waals surface area contributed by atoms with Gasteiger partial charge in [-0.2, -0.15) is 5.26 Å². The first kappa shape index (κ1) is 19.4. The Labute approximate surface area is 152 Å². The average Bonchev–Trinajstić information content (AvgIpc) is 2.65. The van der Waals surface area contributed by atoms with Gasteiger partial charge in [-0.1, -0.05) is 19.3 Å². The number of ether oxygens (including phenoxy) is 1. The lowest BCUT2D eigenvalue weighted by Crippen LogP contribution is -2.51. The second kappa shape index (κ2) is 8.48. The predicted octanol–water partition coefficient (Wildman–Crippen LogP) is 2.49. The summed E-state index contributed by atoms with van der Waals surface area (Å²) in [6.07, 6.45) is 4.17. The van der Waals surface area contributed by atoms with Crippen LogP contribution >= 0.6 is 0 Å². The highest BCUT2D eigenvalue weighted by atomic mass is 16.5. The van der Waals surface area contributed by atoms with Gasteiger partial charge in [0.05, 0.1) is 11.6 Å². The van der Waals surface area contributed by atoms with E-state index in [0.717, 1.165) is 19.3 Å². The molecule has 1 aliphatic carbocycles. The molecule has 0 bridgehead atoms. The van der Waals surface area contributed by atoms with Crippen molar-refractivity contribution in [2.24, 2.45) is 0 Å². The molecule has 7 heteroatoms. The van der Waals surface area contributed by atoms with Gasteiger partial charge in [0, 0.05) is 19.7 Å². The topological polar surface area (TPSA) is 99.5 Å². The summed E-state index contributed by atoms with van der Waals surface area (Å²) in [4.78, 5) is 36.9. The molecule has 0 aromatic heterocycles. The van der Waals surface area contributed by atoms with Crippen LogP contribution in [-0.2, 0) is 14.3 Å². The molecule has 0 saturated heterocycles. The van der Waals surface area contributed by atoms with Crippen LogP contribution in [0.15, 0.2) is 24.3 Å². The van der Waals surface area contributed by atoms with Crippen molar-refractivity contribution in [3.05, 3.63) is 29.8 Å². The molecule has 1 aromatic carbocycles. The van der Waals surface area contributed by atoms with Gasteiger partial charge < -0.3 is 15.0 Å². The number of anilines is 1. The van der Waals surface area contributed by atoms with E-state index < -0.39 is 24.0 Å². The first-order valence-corrected chi connectivity index (χ1v) is 8.61. The van der Waals surface area contributed by atoms with E-state index in [-0.39, 0.29) is 11.5 Å². The number of carbonyl (C=O) groups excluding carboxylic acids is 3. The number of nitrogens with zero attached hydrogens (tertiary/aromatic N) is 2. The molecule has 1 aliphatic rings. The second-order valence-corrected chi connectivity index (χ2v) is 6.49. The molecule has 1 fully saturated rings. The first-order valence-electron chi connectivity index (χ1n) is 8.61. The Balaban J connectivity index is 1.92. The van der Waals surface area contributed by atoms with Gasteiger partial charge in [0.15, 0.2) is 6.61 Å². The number of hydrogen-bond acceptors (Lipinski definition) is 5. The minimum absolute atomic E-state index is 0.205. The van der Waals surface area contributed by atoms with Gasteiger partial charge in [-0.15, -0.1) is 0 Å². The Morgan fingerprint density at radius 1 is 1.19 bits per heavy atom. The van der Waals surface area contributed by atoms with Gasteiger partial charge in [0.2, 0.25) is 5.91 Å². The Bertz CT molecular complexity index is 715. The molecule has 0 unspecified atom stereocenters. The maximum absolute atomic E-state index is 12.4. The number of likely N-dealkylation sites (N-methyl/N-ethyl adjacent to an activating group) is 1. The largest absolute Gasteiger partial charge is 0.452 e. The lowest BCUT2D eigenvalue weighted by atomic mass is 9.81. The van der Waals surface area contributed by atoms with Crippen LogP contribution in [0.25, 0.3) is 0 Å². The first-order chi connectivity index (χ1) is 12.4. The maximum atomic E-state index is 12.4. The summed E-state index contributed by atoms with van der Waals surface area (Å²) >= 11 is 0. The monoisotopic (exact) mass is 357 g/mol. The minimum atomic E-state index is -0.804. The fourth-order valence-electron chi connectivity index (χ4n) is 3.10. The zero-order valence-electron chi connectivity index (χ0n) is 15.1. The molecule has 2 rings (SSSR count). The van der Waals surface area contributed by atoms with Crippen LogP contribution in [0.4, 0.5) is 5.69 Å². The quantitative estimate of drug-likeness (QED) is 0.816. The lowest BCUT2D eigenvalue weighted by molar-refractivity contribution is -0.138. The molecule has 0 atom stereocenters. The lowest BCUT2D eigenvalue weighted by Gasteiger charge is -2.38. The summed E-state index contributed by atoms with van der Waals surface area (Å²) in [6.45, 7) is 0.983. The van der Waals surface area contributed by atoms with E-state index >= 15 is 0 Å². The molecule has 1 saturated carbocycles. The van der Waals surface area contributed by atoms with Crippen LogP contribution in [0.5, 0.6) is 0 Å². The Kier molecular flexibility index (Phi) is 6.34. The number of benzene rings is 1. The van der Waals surface area contributed by atoms with Gasteiger partial charge in [-0.05, 0) is 37.1 Å². The summed E-state index contributed by atoms with van der Waals surface area (Å²) in [5.74, 6) is -1.23. The number of amides is 2. The van der Waals surface area contributed by atoms with Crippen molar-refractivity contribution < 1.29 is 19.1 Å². The molecule has 26 heavy (non-hydrogen) atoms. The van der Waals surface area contributed by atoms with Crippen molar-refractivity contribution in [2.45, 2.75) is 44.6 Å². The minimum Gasteiger partial charge on any atom is -0.452 e. The molecule has 0 aliphatic heterocycles. The van der Waals surface area contributed by atoms with Gasteiger partial charge in [-0.3, -0.25) is 9.59 Å². The number of hydrogen-bond donors (Lipinski definition) is 1. The standard InChI is InChI=1S/C19H23N3O4/c1-14(23)21-16-8-6-15(7-9-16)18(25)26-12-17(24)22(2)19(13-20)10-4-3-5-11-19/h6-9H,3-5,10-12H2,1-2H3,(H,21,23). The number of nitriles is 1. The predicted molar refractivity (Wildman–Crippen MR) is 95.2 cm³/mol. The Morgan fingerprint density at radius 2 is 1.81 bits per heavy atom. The van der Waals surface area contributed by atoms with Crippen LogP contribution in [0.2, 0.25) is 0 Å². The van der Waals surface area contributed by atoms with Crippen molar-refractivity contribution >= 4 is 23.5 Å². The van der Waals surface area contributed by atoms with Crippen molar-refractivity contribution in [2.75, 3.05) is 19.0 Å². The summed E-state index contributed by atoms with van der Waals surface area (Å²) in [7, 11) is 1.59. The van der Waals surface area contributed by atoms with Crippen molar-refractivity contribution in [3.63, 3.8) is 0 Å². The fourth-order valence-corrected chi connectivity index (χ4v) is 3.10. The molecular weight excluding hydrogens is 334 g/mol. The highest BCUT2D eigenvalue weighted by Crippen LogP contribution is 2.32. The fraction of sp³-hybridized carbons (Fsp3) is 0.474. The van der Waals surface area contributed by atoms with Gasteiger partial charge in [-0.25, -0.2) is 4.79 Å². The van der Waals surface area contributed by atoms with E-state index in [1.807, 2.05) is 0 Å². The molecule has 138 valence electrons. The highest BCUT2D eigenvalue weighted by molar-refractivity contribution is 5.93. The van der Waals surface area contributed by atoms with Gasteiger partial charge >= 0.3 is 5.97 Å². The smallest absolute Gasteiger partial charge is 0.338 e. The van der Waals surface area contributed by atoms with Crippen LogP contribution in [0.1, 0.15) is 49.4 Å². The molecule has 7 nitrogen and oxygen atoms in total. The van der Waals surface area contributed by atoms with E-state index in [1.165, 1.54) is 24.0 Å². The molecular formula is C19H23N3O4. The van der Waals surface area contributed by atoms with E-state index in [9.17, 15) is 19.6 Å². The molecule has 0 heterocycles. The Morgan fingerprint density at radius 3 is 2.35 bits per heavy atom. The molecule has 2 amide bonds. The third-order valence-corrected chi connectivity index (χ3v) is 4.67. The summed E-state index contributed by atoms with van der Waals surface area (Å²) in [5, 5.41) is 12.1. The van der Waals surface area contributed by atoms with E-state index in [0.29, 0.717) is 18.5 Å². The van der Waals surface area contributed by atoms with Gasteiger partial charge in [0.25, 0.3) is 5.91 Å². The molecule has 0 spiro atoms. The van der Waals surface area contributed by atoms with Crippen molar-refractivity contribution in [1.82, 2.24) is 4.90 Å². The molecule has 0 radical (unpaired) electrons. The second-order valence-electron chi connectivity index (χ2n) is 6.49. The number of carbonyl (C=O) groups is 3. The highest BCUT2D eigenvalue weighted by Gasteiger charge is 2.39. The third kappa shape index (κ3) is 4.60. The van der Waals surface area contributed by atoms with Crippen LogP contribution in [0.3, 0.4) is 0 Å². The average molecular weight is 357 g/mol. The normalized spacial score (nSPS) is 15.4. The number of rotatable bonds is 5. The summed E-state index contributed by atoms with van der Waals surface area (Å²) in [6, 6.07) is 8.46. The number of esters is 1. The summed E-state index contributed by atoms with van der Waals surface area (Å²) < 4.78 is 5.09. The number of nitrogens with one attached hydrogen (secondary N) is 1. The van der Waals surface area contributed by atoms with Gasteiger partial charge in [0.1, 0.15) is 5.54 Å². The molecule has 1 aromatic rings. The van der Waals surface area contributed by atoms with Crippen LogP contribution < -0.4 is 5.32 Å². The van der Waals surface area contributed by atoms with Crippen molar-refractivity contribution in [3.8, 4) is 6.07 Å². The maximum Gasteiger partial charge on any atom is 0.338 e. The van der Waals surface area contributed by atoms with E-state index in [1.54, 1.807) is 19.2 Å². The SMILES string of the molecule is CC(=O)Nc1ccc(C(=O)OCC(=O)N(C)C2(C#N)CCCCC2)cc1. The zero-order valence-corrected chi connectivity index (χ0v) is 15.1.